The van der Waals surface area contributed by atoms with Gasteiger partial charge in [0.2, 0.25) is 5.88 Å². The number of nitrogens with zero attached hydrogens (tertiary/aromatic N) is 4. The molecule has 8 heteroatoms. The second kappa shape index (κ2) is 9.39. The molecular formula is C27H21FN4O3. The summed E-state index contributed by atoms with van der Waals surface area (Å²) in [5.41, 5.74) is 5.16. The van der Waals surface area contributed by atoms with Crippen LogP contribution in [0.3, 0.4) is 0 Å². The second-order valence-electron chi connectivity index (χ2n) is 8.28. The first kappa shape index (κ1) is 22.3. The minimum absolute atomic E-state index is 0.123. The lowest BCUT2D eigenvalue weighted by Crippen LogP contribution is -2.28. The molecule has 0 unspecified atom stereocenters. The van der Waals surface area contributed by atoms with Crippen LogP contribution in [0.4, 0.5) is 4.39 Å². The van der Waals surface area contributed by atoms with Gasteiger partial charge in [-0.1, -0.05) is 29.8 Å². The maximum absolute atomic E-state index is 12.6. The number of rotatable bonds is 6. The highest BCUT2D eigenvalue weighted by Gasteiger charge is 2.19. The highest BCUT2D eigenvalue weighted by atomic mass is 19.1. The Kier molecular flexibility index (Phi) is 5.98. The van der Waals surface area contributed by atoms with E-state index in [-0.39, 0.29) is 18.2 Å². The van der Waals surface area contributed by atoms with Crippen LogP contribution in [0.5, 0.6) is 17.4 Å². The Morgan fingerprint density at radius 1 is 1.14 bits per heavy atom. The summed E-state index contributed by atoms with van der Waals surface area (Å²) >= 11 is 0. The van der Waals surface area contributed by atoms with Crippen LogP contribution in [-0.2, 0) is 26.2 Å². The third-order valence-corrected chi connectivity index (χ3v) is 5.84. The van der Waals surface area contributed by atoms with Gasteiger partial charge >= 0.3 is 5.69 Å². The van der Waals surface area contributed by atoms with Crippen LogP contribution >= 0.6 is 0 Å². The first-order chi connectivity index (χ1) is 17.0. The molecule has 0 spiro atoms. The standard InChI is InChI=1S/C27H21FN4O3/c1-17-2-6-23-19(10-17)8-9-32-24(23)12-26(31-27(32)33)34-16-18-3-7-25(20(11-18)14-29)35-22-5-4-21(13-28)30-15-22/h2-7,10-12,15H,8-9,13,16H2,1H3. The van der Waals surface area contributed by atoms with E-state index in [4.69, 9.17) is 9.47 Å². The fourth-order valence-electron chi connectivity index (χ4n) is 4.09. The quantitative estimate of drug-likeness (QED) is 0.401. The van der Waals surface area contributed by atoms with E-state index in [1.807, 2.05) is 19.1 Å². The van der Waals surface area contributed by atoms with E-state index < -0.39 is 6.67 Å². The van der Waals surface area contributed by atoms with Gasteiger partial charge in [0.1, 0.15) is 30.8 Å². The molecule has 174 valence electrons. The predicted octanol–water partition coefficient (Wildman–Crippen LogP) is 4.88. The number of alkyl halides is 1. The lowest BCUT2D eigenvalue weighted by molar-refractivity contribution is 0.291. The highest BCUT2D eigenvalue weighted by Crippen LogP contribution is 2.31. The minimum Gasteiger partial charge on any atom is -0.473 e. The van der Waals surface area contributed by atoms with Crippen molar-refractivity contribution in [3.8, 4) is 34.7 Å². The molecule has 0 amide bonds. The first-order valence-electron chi connectivity index (χ1n) is 11.1. The maximum atomic E-state index is 12.6. The summed E-state index contributed by atoms with van der Waals surface area (Å²) in [5.74, 6) is 0.979. The fourth-order valence-corrected chi connectivity index (χ4v) is 4.09. The molecule has 7 nitrogen and oxygen atoms in total. The van der Waals surface area contributed by atoms with E-state index in [9.17, 15) is 14.4 Å². The van der Waals surface area contributed by atoms with Crippen molar-refractivity contribution < 1.29 is 13.9 Å². The topological polar surface area (TPSA) is 90.0 Å². The zero-order valence-corrected chi connectivity index (χ0v) is 19.0. The Balaban J connectivity index is 1.35. The van der Waals surface area contributed by atoms with Crippen molar-refractivity contribution in [1.82, 2.24) is 14.5 Å². The first-order valence-corrected chi connectivity index (χ1v) is 11.1. The summed E-state index contributed by atoms with van der Waals surface area (Å²) < 4.78 is 25.9. The summed E-state index contributed by atoms with van der Waals surface area (Å²) in [6.07, 6.45) is 2.19. The van der Waals surface area contributed by atoms with Crippen LogP contribution in [0.15, 0.2) is 65.6 Å². The van der Waals surface area contributed by atoms with Crippen molar-refractivity contribution in [2.45, 2.75) is 33.2 Å². The SMILES string of the molecule is Cc1ccc2c(c1)CCn1c-2cc(OCc2ccc(Oc3ccc(CF)nc3)c(C#N)c2)nc1=O. The van der Waals surface area contributed by atoms with Gasteiger partial charge in [0.25, 0.3) is 0 Å². The predicted molar refractivity (Wildman–Crippen MR) is 127 cm³/mol. The number of benzene rings is 2. The minimum atomic E-state index is -0.657. The Hall–Kier alpha value is -4.51. The van der Waals surface area contributed by atoms with Gasteiger partial charge in [-0.05, 0) is 48.7 Å². The van der Waals surface area contributed by atoms with Gasteiger partial charge in [-0.2, -0.15) is 10.2 Å². The Bertz CT molecular complexity index is 1510. The number of pyridine rings is 1. The average Bonchev–Trinajstić information content (AvgIpc) is 2.88. The van der Waals surface area contributed by atoms with Crippen LogP contribution in [0, 0.1) is 18.3 Å². The van der Waals surface area contributed by atoms with Crippen molar-refractivity contribution in [2.24, 2.45) is 0 Å². The van der Waals surface area contributed by atoms with Crippen molar-refractivity contribution >= 4 is 0 Å². The molecule has 1 aliphatic rings. The van der Waals surface area contributed by atoms with Gasteiger partial charge in [-0.25, -0.2) is 9.18 Å². The third kappa shape index (κ3) is 4.62. The molecule has 2 aromatic heterocycles. The molecular weight excluding hydrogens is 447 g/mol. The lowest BCUT2D eigenvalue weighted by atomic mass is 9.96. The highest BCUT2D eigenvalue weighted by molar-refractivity contribution is 5.67. The normalized spacial score (nSPS) is 11.8. The van der Waals surface area contributed by atoms with Crippen LogP contribution < -0.4 is 15.2 Å². The Morgan fingerprint density at radius 3 is 2.80 bits per heavy atom. The molecule has 0 saturated heterocycles. The van der Waals surface area contributed by atoms with E-state index >= 15 is 0 Å². The molecule has 35 heavy (non-hydrogen) atoms. The number of nitriles is 1. The number of halogens is 1. The van der Waals surface area contributed by atoms with Gasteiger partial charge in [0.15, 0.2) is 0 Å². The summed E-state index contributed by atoms with van der Waals surface area (Å²) in [6, 6.07) is 18.3. The summed E-state index contributed by atoms with van der Waals surface area (Å²) in [7, 11) is 0. The van der Waals surface area contributed by atoms with E-state index in [1.165, 1.54) is 23.4 Å². The van der Waals surface area contributed by atoms with E-state index in [1.54, 1.807) is 34.9 Å². The Labute approximate surface area is 201 Å². The van der Waals surface area contributed by atoms with Crippen molar-refractivity contribution in [1.29, 1.82) is 5.26 Å². The zero-order chi connectivity index (χ0) is 24.4. The smallest absolute Gasteiger partial charge is 0.351 e. The Morgan fingerprint density at radius 2 is 2.03 bits per heavy atom. The van der Waals surface area contributed by atoms with Crippen LogP contribution in [0.25, 0.3) is 11.3 Å². The zero-order valence-electron chi connectivity index (χ0n) is 19.0. The number of aryl methyl sites for hydroxylation is 2. The monoisotopic (exact) mass is 468 g/mol. The van der Waals surface area contributed by atoms with Crippen molar-refractivity contribution in [3.05, 3.63) is 99.2 Å². The molecule has 0 atom stereocenters. The lowest BCUT2D eigenvalue weighted by Gasteiger charge is -2.22. The second-order valence-corrected chi connectivity index (χ2v) is 8.28. The van der Waals surface area contributed by atoms with Gasteiger partial charge in [-0.3, -0.25) is 9.55 Å². The largest absolute Gasteiger partial charge is 0.473 e. The summed E-state index contributed by atoms with van der Waals surface area (Å²) in [5, 5.41) is 9.58. The molecule has 5 rings (SSSR count). The van der Waals surface area contributed by atoms with Crippen molar-refractivity contribution in [3.63, 3.8) is 0 Å². The molecule has 0 N–H and O–H groups in total. The molecule has 0 fully saturated rings. The molecule has 0 radical (unpaired) electrons. The molecule has 2 aromatic carbocycles. The third-order valence-electron chi connectivity index (χ3n) is 5.84. The number of aromatic nitrogens is 3. The van der Waals surface area contributed by atoms with Crippen molar-refractivity contribution in [2.75, 3.05) is 0 Å². The fraction of sp³-hybridized carbons (Fsp3) is 0.185. The molecule has 3 heterocycles. The van der Waals surface area contributed by atoms with Gasteiger partial charge < -0.3 is 9.47 Å². The number of fused-ring (bicyclic) bond motifs is 3. The molecule has 4 aromatic rings. The molecule has 0 aliphatic carbocycles. The molecule has 0 bridgehead atoms. The van der Waals surface area contributed by atoms with Crippen LogP contribution in [0.1, 0.15) is 27.9 Å². The maximum Gasteiger partial charge on any atom is 0.351 e. The van der Waals surface area contributed by atoms with E-state index in [0.717, 1.165) is 23.2 Å². The van der Waals surface area contributed by atoms with Gasteiger partial charge in [0.05, 0.1) is 23.1 Å². The molecule has 1 aliphatic heterocycles. The average molecular weight is 468 g/mol. The van der Waals surface area contributed by atoms with Gasteiger partial charge in [-0.15, -0.1) is 0 Å². The van der Waals surface area contributed by atoms with E-state index in [0.29, 0.717) is 29.3 Å². The van der Waals surface area contributed by atoms with Crippen LogP contribution in [0.2, 0.25) is 0 Å². The molecule has 0 saturated carbocycles. The number of ether oxygens (including phenoxy) is 2. The summed E-state index contributed by atoms with van der Waals surface area (Å²) in [6.45, 7) is 2.10. The van der Waals surface area contributed by atoms with Crippen LogP contribution in [-0.4, -0.2) is 14.5 Å². The van der Waals surface area contributed by atoms with E-state index in [2.05, 4.69) is 22.1 Å². The number of hydrogen-bond acceptors (Lipinski definition) is 6. The number of hydrogen-bond donors (Lipinski definition) is 0. The summed E-state index contributed by atoms with van der Waals surface area (Å²) in [4.78, 5) is 20.7. The van der Waals surface area contributed by atoms with Gasteiger partial charge in [0, 0.05) is 18.2 Å².